The summed E-state index contributed by atoms with van der Waals surface area (Å²) in [7, 11) is -6.00. The minimum Gasteiger partial charge on any atom is -0.418 e. The largest absolute Gasteiger partial charge is 0.673 e. The van der Waals surface area contributed by atoms with E-state index in [1.807, 2.05) is 0 Å². The standard InChI is InChI=1S/C20H25N2.BF4/c1-15-8-5-10-19(17(15)3)21-12-7-13-22(14-21)20-11-6-9-16(2)18(20)4;2-1(3,4)5/h5-6,8-11,14H,7,12-13H2,1-4H3;/q+1;-1. The van der Waals surface area contributed by atoms with Crippen molar-refractivity contribution in [3.63, 3.8) is 0 Å². The van der Waals surface area contributed by atoms with Gasteiger partial charge in [0.2, 0.25) is 6.34 Å². The Labute approximate surface area is 158 Å². The average molecular weight is 380 g/mol. The molecule has 7 heteroatoms. The van der Waals surface area contributed by atoms with Gasteiger partial charge in [0.15, 0.2) is 0 Å². The van der Waals surface area contributed by atoms with Gasteiger partial charge in [0.05, 0.1) is 13.1 Å². The second-order valence-electron chi connectivity index (χ2n) is 6.79. The molecule has 27 heavy (non-hydrogen) atoms. The fraction of sp³-hybridized carbons (Fsp3) is 0.350. The van der Waals surface area contributed by atoms with Crippen LogP contribution in [0.2, 0.25) is 0 Å². The lowest BCUT2D eigenvalue weighted by atomic mass is 10.1. The van der Waals surface area contributed by atoms with E-state index in [1.54, 1.807) is 0 Å². The Balaban J connectivity index is 0.000000465. The summed E-state index contributed by atoms with van der Waals surface area (Å²) in [6.45, 7) is 11.0. The van der Waals surface area contributed by atoms with E-state index in [4.69, 9.17) is 0 Å². The lowest BCUT2D eigenvalue weighted by Crippen LogP contribution is -2.35. The zero-order chi connectivity index (χ0) is 20.2. The van der Waals surface area contributed by atoms with Gasteiger partial charge in [0.25, 0.3) is 0 Å². The number of aryl methyl sites for hydroxylation is 2. The first-order chi connectivity index (χ1) is 12.6. The minimum atomic E-state index is -6.00. The monoisotopic (exact) mass is 380 g/mol. The van der Waals surface area contributed by atoms with Gasteiger partial charge in [-0.05, 0) is 62.1 Å². The van der Waals surface area contributed by atoms with E-state index in [0.29, 0.717) is 0 Å². The molecule has 0 spiro atoms. The van der Waals surface area contributed by atoms with Crippen molar-refractivity contribution in [2.24, 2.45) is 0 Å². The molecule has 2 aromatic carbocycles. The summed E-state index contributed by atoms with van der Waals surface area (Å²) in [6, 6.07) is 13.1. The van der Waals surface area contributed by atoms with Crippen LogP contribution in [0.25, 0.3) is 0 Å². The van der Waals surface area contributed by atoms with Gasteiger partial charge in [-0.3, -0.25) is 0 Å². The van der Waals surface area contributed by atoms with Crippen molar-refractivity contribution >= 4 is 25.0 Å². The second-order valence-corrected chi connectivity index (χ2v) is 6.79. The predicted octanol–water partition coefficient (Wildman–Crippen LogP) is 5.80. The van der Waals surface area contributed by atoms with Gasteiger partial charge in [-0.2, -0.15) is 0 Å². The molecule has 0 radical (unpaired) electrons. The van der Waals surface area contributed by atoms with Crippen LogP contribution in [-0.4, -0.2) is 31.3 Å². The van der Waals surface area contributed by atoms with Crippen LogP contribution in [0.1, 0.15) is 28.7 Å². The van der Waals surface area contributed by atoms with Gasteiger partial charge < -0.3 is 17.3 Å². The summed E-state index contributed by atoms with van der Waals surface area (Å²) in [4.78, 5) is 2.40. The first kappa shape index (κ1) is 21.0. The molecular weight excluding hydrogens is 355 g/mol. The van der Waals surface area contributed by atoms with Crippen molar-refractivity contribution in [2.75, 3.05) is 18.0 Å². The van der Waals surface area contributed by atoms with Gasteiger partial charge in [-0.1, -0.05) is 24.3 Å². The summed E-state index contributed by atoms with van der Waals surface area (Å²) in [6.07, 6.45) is 3.46. The first-order valence-electron chi connectivity index (χ1n) is 8.96. The first-order valence-corrected chi connectivity index (χ1v) is 8.96. The van der Waals surface area contributed by atoms with Crippen LogP contribution in [0.5, 0.6) is 0 Å². The molecule has 1 aliphatic rings. The van der Waals surface area contributed by atoms with Gasteiger partial charge in [-0.25, -0.2) is 9.48 Å². The average Bonchev–Trinajstić information content (AvgIpc) is 2.58. The normalized spacial score (nSPS) is 14.4. The van der Waals surface area contributed by atoms with E-state index in [-0.39, 0.29) is 0 Å². The van der Waals surface area contributed by atoms with Gasteiger partial charge in [0, 0.05) is 6.42 Å². The van der Waals surface area contributed by atoms with E-state index in [9.17, 15) is 17.3 Å². The van der Waals surface area contributed by atoms with Crippen LogP contribution in [-0.2, 0) is 0 Å². The van der Waals surface area contributed by atoms with E-state index >= 15 is 0 Å². The fourth-order valence-electron chi connectivity index (χ4n) is 3.15. The highest BCUT2D eigenvalue weighted by molar-refractivity contribution is 6.50. The van der Waals surface area contributed by atoms with Crippen LogP contribution < -0.4 is 4.90 Å². The Bertz CT molecular complexity index is 825. The highest BCUT2D eigenvalue weighted by Crippen LogP contribution is 2.26. The van der Waals surface area contributed by atoms with Crippen LogP contribution >= 0.6 is 0 Å². The van der Waals surface area contributed by atoms with Crippen molar-refractivity contribution in [1.29, 1.82) is 0 Å². The zero-order valence-electron chi connectivity index (χ0n) is 16.1. The number of hydrogen-bond donors (Lipinski definition) is 0. The van der Waals surface area contributed by atoms with Gasteiger partial charge >= 0.3 is 7.25 Å². The number of rotatable bonds is 2. The molecule has 0 saturated heterocycles. The molecule has 0 saturated carbocycles. The zero-order valence-corrected chi connectivity index (χ0v) is 16.1. The van der Waals surface area contributed by atoms with Crippen LogP contribution in [0.4, 0.5) is 28.6 Å². The Kier molecular flexibility index (Phi) is 6.68. The Morgan fingerprint density at radius 1 is 0.852 bits per heavy atom. The highest BCUT2D eigenvalue weighted by Gasteiger charge is 2.22. The van der Waals surface area contributed by atoms with Crippen molar-refractivity contribution < 1.29 is 21.8 Å². The van der Waals surface area contributed by atoms with Crippen molar-refractivity contribution in [1.82, 2.24) is 0 Å². The summed E-state index contributed by atoms with van der Waals surface area (Å²) in [5.74, 6) is 0. The van der Waals surface area contributed by atoms with Gasteiger partial charge in [-0.15, -0.1) is 0 Å². The molecular formula is C20H25BF4N2. The van der Waals surface area contributed by atoms with Crippen molar-refractivity contribution in [3.8, 4) is 0 Å². The summed E-state index contributed by atoms with van der Waals surface area (Å²) in [5.41, 5.74) is 8.12. The SMILES string of the molecule is Cc1cccc(N2C=[N+](c3cccc(C)c3C)CCC2)c1C.F[B-](F)(F)F. The third-order valence-corrected chi connectivity index (χ3v) is 4.85. The number of hydrogen-bond acceptors (Lipinski definition) is 1. The topological polar surface area (TPSA) is 6.25 Å². The van der Waals surface area contributed by atoms with Crippen LogP contribution in [0.15, 0.2) is 36.4 Å². The maximum atomic E-state index is 9.75. The third kappa shape index (κ3) is 5.84. The third-order valence-electron chi connectivity index (χ3n) is 4.85. The summed E-state index contributed by atoms with van der Waals surface area (Å²) in [5, 5.41) is 0. The number of benzene rings is 2. The molecule has 0 amide bonds. The molecule has 146 valence electrons. The molecule has 3 rings (SSSR count). The molecule has 0 N–H and O–H groups in total. The van der Waals surface area contributed by atoms with Crippen LogP contribution in [0, 0.1) is 27.7 Å². The van der Waals surface area contributed by atoms with Crippen molar-refractivity contribution in [3.05, 3.63) is 58.7 Å². The van der Waals surface area contributed by atoms with E-state index in [0.717, 1.165) is 13.1 Å². The van der Waals surface area contributed by atoms with Crippen molar-refractivity contribution in [2.45, 2.75) is 34.1 Å². The Hall–Kier alpha value is -2.31. The van der Waals surface area contributed by atoms with E-state index in [1.165, 1.54) is 40.0 Å². The maximum absolute atomic E-state index is 9.75. The highest BCUT2D eigenvalue weighted by atomic mass is 19.5. The van der Waals surface area contributed by atoms with Crippen LogP contribution in [0.3, 0.4) is 0 Å². The number of anilines is 1. The molecule has 2 nitrogen and oxygen atoms in total. The molecule has 0 unspecified atom stereocenters. The molecule has 1 heterocycles. The lowest BCUT2D eigenvalue weighted by molar-refractivity contribution is -0.440. The molecule has 0 fully saturated rings. The Morgan fingerprint density at radius 2 is 1.41 bits per heavy atom. The quantitative estimate of drug-likeness (QED) is 0.362. The molecule has 2 aromatic rings. The predicted molar refractivity (Wildman–Crippen MR) is 105 cm³/mol. The van der Waals surface area contributed by atoms with Gasteiger partial charge in [0.1, 0.15) is 11.4 Å². The molecule has 0 aromatic heterocycles. The molecule has 1 aliphatic heterocycles. The Morgan fingerprint density at radius 3 is 2.04 bits per heavy atom. The smallest absolute Gasteiger partial charge is 0.418 e. The van der Waals surface area contributed by atoms with E-state index < -0.39 is 7.25 Å². The summed E-state index contributed by atoms with van der Waals surface area (Å²) >= 11 is 0. The summed E-state index contributed by atoms with van der Waals surface area (Å²) < 4.78 is 41.4. The maximum Gasteiger partial charge on any atom is 0.673 e. The van der Waals surface area contributed by atoms with E-state index in [2.05, 4.69) is 79.9 Å². The number of halogens is 4. The second kappa shape index (κ2) is 8.59. The number of nitrogens with zero attached hydrogens (tertiary/aromatic N) is 2. The fourth-order valence-corrected chi connectivity index (χ4v) is 3.15. The molecule has 0 bridgehead atoms. The molecule has 0 aliphatic carbocycles. The lowest BCUT2D eigenvalue weighted by Gasteiger charge is -2.23. The molecule has 0 atom stereocenters. The minimum absolute atomic E-state index is 1.09.